The van der Waals surface area contributed by atoms with Gasteiger partial charge in [-0.05, 0) is 26.4 Å². The molecule has 0 atom stereocenters. The lowest BCUT2D eigenvalue weighted by Gasteiger charge is -2.15. The highest BCUT2D eigenvalue weighted by atomic mass is 79.9. The fourth-order valence-corrected chi connectivity index (χ4v) is 2.48. The van der Waals surface area contributed by atoms with Crippen LogP contribution in [0.1, 0.15) is 26.2 Å². The molecule has 0 radical (unpaired) electrons. The molecule has 0 aromatic rings. The summed E-state index contributed by atoms with van der Waals surface area (Å²) < 4.78 is 22.5. The zero-order chi connectivity index (χ0) is 11.7. The molecule has 92 valence electrons. The van der Waals surface area contributed by atoms with E-state index >= 15 is 0 Å². The zero-order valence-corrected chi connectivity index (χ0v) is 12.1. The summed E-state index contributed by atoms with van der Waals surface area (Å²) in [6.07, 6.45) is 3.55. The normalized spacial score (nSPS) is 12.3. The summed E-state index contributed by atoms with van der Waals surface area (Å²) in [6.45, 7) is 3.35. The van der Waals surface area contributed by atoms with Gasteiger partial charge in [-0.1, -0.05) is 29.3 Å². The minimum absolute atomic E-state index is 0.254. The zero-order valence-electron chi connectivity index (χ0n) is 9.71. The van der Waals surface area contributed by atoms with Crippen molar-refractivity contribution in [2.75, 3.05) is 37.0 Å². The van der Waals surface area contributed by atoms with Gasteiger partial charge < -0.3 is 4.90 Å². The summed E-state index contributed by atoms with van der Waals surface area (Å²) in [5.74, 6) is 0.545. The maximum Gasteiger partial charge on any atom is 0.151 e. The van der Waals surface area contributed by atoms with E-state index in [1.165, 1.54) is 12.8 Å². The van der Waals surface area contributed by atoms with E-state index in [2.05, 4.69) is 20.8 Å². The summed E-state index contributed by atoms with van der Waals surface area (Å²) >= 11 is 3.39. The van der Waals surface area contributed by atoms with Crippen molar-refractivity contribution in [1.29, 1.82) is 0 Å². The van der Waals surface area contributed by atoms with Crippen molar-refractivity contribution in [3.8, 4) is 0 Å². The van der Waals surface area contributed by atoms with E-state index in [0.29, 0.717) is 12.3 Å². The van der Waals surface area contributed by atoms with Crippen molar-refractivity contribution in [2.24, 2.45) is 0 Å². The van der Waals surface area contributed by atoms with Crippen LogP contribution in [0.4, 0.5) is 0 Å². The molecule has 0 saturated heterocycles. The second-order valence-electron chi connectivity index (χ2n) is 3.79. The lowest BCUT2D eigenvalue weighted by Crippen LogP contribution is -2.27. The largest absolute Gasteiger partial charge is 0.305 e. The van der Waals surface area contributed by atoms with Crippen LogP contribution in [-0.4, -0.2) is 50.3 Å². The van der Waals surface area contributed by atoms with Gasteiger partial charge in [-0.25, -0.2) is 8.42 Å². The predicted octanol–water partition coefficient (Wildman–Crippen LogP) is 1.92. The highest BCUT2D eigenvalue weighted by Gasteiger charge is 2.08. The second-order valence-corrected chi connectivity index (χ2v) is 7.06. The number of nitrogens with zero attached hydrogens (tertiary/aromatic N) is 1. The Labute approximate surface area is 102 Å². The fourth-order valence-electron chi connectivity index (χ4n) is 1.20. The third-order valence-electron chi connectivity index (χ3n) is 2.40. The Balaban J connectivity index is 3.53. The molecule has 0 bridgehead atoms. The van der Waals surface area contributed by atoms with E-state index < -0.39 is 9.84 Å². The minimum atomic E-state index is -2.80. The number of alkyl halides is 1. The smallest absolute Gasteiger partial charge is 0.151 e. The van der Waals surface area contributed by atoms with Crippen molar-refractivity contribution < 1.29 is 8.42 Å². The van der Waals surface area contributed by atoms with E-state index in [4.69, 9.17) is 0 Å². The molecule has 0 aliphatic heterocycles. The molecular weight excluding hydrogens is 278 g/mol. The molecule has 0 fully saturated rings. The summed E-state index contributed by atoms with van der Waals surface area (Å²) in [6, 6.07) is 0. The lowest BCUT2D eigenvalue weighted by molar-refractivity contribution is 0.343. The first-order valence-corrected chi connectivity index (χ1v) is 8.41. The van der Waals surface area contributed by atoms with Crippen LogP contribution in [0.5, 0.6) is 0 Å². The number of hydrogen-bond donors (Lipinski definition) is 0. The maximum atomic E-state index is 11.2. The average molecular weight is 300 g/mol. The van der Waals surface area contributed by atoms with Gasteiger partial charge in [-0.15, -0.1) is 0 Å². The van der Waals surface area contributed by atoms with Gasteiger partial charge in [0, 0.05) is 17.6 Å². The van der Waals surface area contributed by atoms with Gasteiger partial charge >= 0.3 is 0 Å². The first-order chi connectivity index (χ1) is 7.02. The molecule has 0 saturated carbocycles. The summed E-state index contributed by atoms with van der Waals surface area (Å²) in [5.41, 5.74) is 0. The Kier molecular flexibility index (Phi) is 8.75. The Morgan fingerprint density at radius 3 is 2.33 bits per heavy atom. The van der Waals surface area contributed by atoms with Crippen molar-refractivity contribution in [3.05, 3.63) is 0 Å². The molecule has 15 heavy (non-hydrogen) atoms. The Morgan fingerprint density at radius 1 is 1.13 bits per heavy atom. The highest BCUT2D eigenvalue weighted by molar-refractivity contribution is 9.09. The molecule has 0 rings (SSSR count). The van der Waals surface area contributed by atoms with Crippen LogP contribution in [-0.2, 0) is 9.84 Å². The van der Waals surface area contributed by atoms with Crippen LogP contribution in [0.25, 0.3) is 0 Å². The van der Waals surface area contributed by atoms with Crippen molar-refractivity contribution in [2.45, 2.75) is 26.2 Å². The van der Waals surface area contributed by atoms with E-state index in [1.54, 1.807) is 6.92 Å². The van der Waals surface area contributed by atoms with Crippen molar-refractivity contribution >= 4 is 25.8 Å². The van der Waals surface area contributed by atoms with Gasteiger partial charge in [-0.2, -0.15) is 0 Å². The third-order valence-corrected chi connectivity index (χ3v) is 4.64. The predicted molar refractivity (Wildman–Crippen MR) is 69.5 cm³/mol. The summed E-state index contributed by atoms with van der Waals surface area (Å²) in [5, 5.41) is 1.06. The van der Waals surface area contributed by atoms with Gasteiger partial charge in [-0.3, -0.25) is 0 Å². The number of unbranched alkanes of at least 4 members (excludes halogenated alkanes) is 2. The van der Waals surface area contributed by atoms with Gasteiger partial charge in [0.2, 0.25) is 0 Å². The van der Waals surface area contributed by atoms with E-state index in [9.17, 15) is 8.42 Å². The molecule has 3 nitrogen and oxygen atoms in total. The van der Waals surface area contributed by atoms with Crippen molar-refractivity contribution in [3.63, 3.8) is 0 Å². The standard InChI is InChI=1S/C10H22BrNO2S/c1-3-15(13,14)10-9-12(2)8-6-4-5-7-11/h3-10H2,1-2H3. The van der Waals surface area contributed by atoms with Crippen LogP contribution in [0.3, 0.4) is 0 Å². The summed E-state index contributed by atoms with van der Waals surface area (Å²) in [7, 11) is -0.814. The van der Waals surface area contributed by atoms with E-state index in [-0.39, 0.29) is 5.75 Å². The van der Waals surface area contributed by atoms with Crippen molar-refractivity contribution in [1.82, 2.24) is 4.90 Å². The van der Waals surface area contributed by atoms with E-state index in [0.717, 1.165) is 18.3 Å². The van der Waals surface area contributed by atoms with Gasteiger partial charge in [0.1, 0.15) is 0 Å². The Bertz CT molecular complexity index is 242. The molecule has 0 spiro atoms. The molecule has 0 amide bonds. The Hall–Kier alpha value is 0.390. The van der Waals surface area contributed by atoms with E-state index in [1.807, 2.05) is 7.05 Å². The van der Waals surface area contributed by atoms with Crippen LogP contribution < -0.4 is 0 Å². The van der Waals surface area contributed by atoms with Crippen LogP contribution in [0.15, 0.2) is 0 Å². The molecule has 0 aliphatic carbocycles. The number of halogens is 1. The molecule has 0 aromatic heterocycles. The Morgan fingerprint density at radius 2 is 1.80 bits per heavy atom. The SMILES string of the molecule is CCS(=O)(=O)CCN(C)CCCCCBr. The molecular formula is C10H22BrNO2S. The number of hydrogen-bond acceptors (Lipinski definition) is 3. The molecule has 0 aliphatic rings. The number of sulfone groups is 1. The third kappa shape index (κ3) is 9.33. The molecule has 0 N–H and O–H groups in total. The highest BCUT2D eigenvalue weighted by Crippen LogP contribution is 2.00. The quantitative estimate of drug-likeness (QED) is 0.482. The average Bonchev–Trinajstić information content (AvgIpc) is 2.22. The first kappa shape index (κ1) is 15.4. The lowest BCUT2D eigenvalue weighted by atomic mass is 10.2. The molecule has 0 unspecified atom stereocenters. The number of rotatable bonds is 9. The van der Waals surface area contributed by atoms with Crippen LogP contribution in [0.2, 0.25) is 0 Å². The maximum absolute atomic E-state index is 11.2. The summed E-state index contributed by atoms with van der Waals surface area (Å²) in [4.78, 5) is 2.10. The van der Waals surface area contributed by atoms with Gasteiger partial charge in [0.05, 0.1) is 5.75 Å². The first-order valence-electron chi connectivity index (χ1n) is 5.46. The van der Waals surface area contributed by atoms with Gasteiger partial charge in [0.25, 0.3) is 0 Å². The fraction of sp³-hybridized carbons (Fsp3) is 1.00. The van der Waals surface area contributed by atoms with Crippen LogP contribution >= 0.6 is 15.9 Å². The van der Waals surface area contributed by atoms with Crippen LogP contribution in [0, 0.1) is 0 Å². The van der Waals surface area contributed by atoms with Gasteiger partial charge in [0.15, 0.2) is 9.84 Å². The minimum Gasteiger partial charge on any atom is -0.305 e. The molecule has 5 heteroatoms. The molecule has 0 heterocycles. The second kappa shape index (κ2) is 8.53. The molecule has 0 aromatic carbocycles. The topological polar surface area (TPSA) is 37.4 Å². The monoisotopic (exact) mass is 299 g/mol.